The van der Waals surface area contributed by atoms with Crippen LogP contribution in [0.1, 0.15) is 34.6 Å². The molecule has 0 radical (unpaired) electrons. The summed E-state index contributed by atoms with van der Waals surface area (Å²) in [5.41, 5.74) is 0.420. The SMILES string of the molecule is COc1ccc(C2CC(C(F)(F)F)n3nc(C(=O)Nc4cc(Cl)ccc4O)cc3N2)cc1. The zero-order valence-corrected chi connectivity index (χ0v) is 17.4. The molecule has 3 N–H and O–H groups in total. The normalized spacial score (nSPS) is 17.9. The average molecular weight is 467 g/mol. The first kappa shape index (κ1) is 21.8. The minimum Gasteiger partial charge on any atom is -0.506 e. The molecule has 1 aromatic heterocycles. The van der Waals surface area contributed by atoms with E-state index in [9.17, 15) is 23.1 Å². The molecule has 2 aromatic carbocycles. The molecule has 0 fully saturated rings. The number of anilines is 2. The predicted molar refractivity (Wildman–Crippen MR) is 112 cm³/mol. The van der Waals surface area contributed by atoms with Gasteiger partial charge in [-0.15, -0.1) is 0 Å². The van der Waals surface area contributed by atoms with Gasteiger partial charge in [0.2, 0.25) is 0 Å². The predicted octanol–water partition coefficient (Wildman–Crippen LogP) is 5.16. The van der Waals surface area contributed by atoms with Gasteiger partial charge in [-0.3, -0.25) is 4.79 Å². The Morgan fingerprint density at radius 1 is 1.25 bits per heavy atom. The monoisotopic (exact) mass is 466 g/mol. The van der Waals surface area contributed by atoms with Crippen LogP contribution in [0.5, 0.6) is 11.5 Å². The molecule has 0 bridgehead atoms. The highest BCUT2D eigenvalue weighted by Gasteiger charge is 2.46. The van der Waals surface area contributed by atoms with Crippen molar-refractivity contribution in [1.82, 2.24) is 9.78 Å². The number of fused-ring (bicyclic) bond motifs is 1. The number of aromatic nitrogens is 2. The molecule has 1 amide bonds. The first-order valence-corrected chi connectivity index (χ1v) is 9.90. The maximum atomic E-state index is 13.8. The van der Waals surface area contributed by atoms with Crippen LogP contribution in [-0.4, -0.2) is 34.1 Å². The van der Waals surface area contributed by atoms with Crippen molar-refractivity contribution in [3.05, 3.63) is 64.8 Å². The molecule has 0 spiro atoms. The molecule has 1 aliphatic heterocycles. The Labute approximate surface area is 185 Å². The summed E-state index contributed by atoms with van der Waals surface area (Å²) in [5.74, 6) is -0.379. The lowest BCUT2D eigenvalue weighted by Crippen LogP contribution is -2.35. The van der Waals surface area contributed by atoms with Gasteiger partial charge in [-0.05, 0) is 35.9 Å². The Kier molecular flexibility index (Phi) is 5.64. The zero-order valence-electron chi connectivity index (χ0n) is 16.7. The van der Waals surface area contributed by atoms with Gasteiger partial charge >= 0.3 is 6.18 Å². The second-order valence-electron chi connectivity index (χ2n) is 7.24. The number of carbonyl (C=O) groups excluding carboxylic acids is 1. The van der Waals surface area contributed by atoms with Gasteiger partial charge in [-0.25, -0.2) is 4.68 Å². The summed E-state index contributed by atoms with van der Waals surface area (Å²) in [6.07, 6.45) is -4.88. The smallest absolute Gasteiger partial charge is 0.410 e. The Morgan fingerprint density at radius 3 is 2.62 bits per heavy atom. The van der Waals surface area contributed by atoms with E-state index in [-0.39, 0.29) is 34.4 Å². The minimum atomic E-state index is -4.58. The number of hydrogen-bond acceptors (Lipinski definition) is 5. The molecule has 7 nitrogen and oxygen atoms in total. The van der Waals surface area contributed by atoms with Crippen LogP contribution < -0.4 is 15.4 Å². The van der Waals surface area contributed by atoms with Crippen LogP contribution in [0, 0.1) is 0 Å². The molecular formula is C21H18ClF3N4O3. The summed E-state index contributed by atoms with van der Waals surface area (Å²) >= 11 is 5.87. The maximum Gasteiger partial charge on any atom is 0.410 e. The number of nitrogens with one attached hydrogen (secondary N) is 2. The van der Waals surface area contributed by atoms with Crippen LogP contribution in [0.25, 0.3) is 0 Å². The number of nitrogens with zero attached hydrogens (tertiary/aromatic N) is 2. The summed E-state index contributed by atoms with van der Waals surface area (Å²) in [4.78, 5) is 12.6. The third-order valence-corrected chi connectivity index (χ3v) is 5.38. The van der Waals surface area contributed by atoms with Crippen molar-refractivity contribution >= 4 is 29.0 Å². The number of aromatic hydroxyl groups is 1. The Bertz CT molecular complexity index is 1150. The molecule has 0 aliphatic carbocycles. The lowest BCUT2D eigenvalue weighted by Gasteiger charge is -2.33. The molecule has 1 aliphatic rings. The van der Waals surface area contributed by atoms with Crippen LogP contribution in [-0.2, 0) is 0 Å². The number of rotatable bonds is 4. The van der Waals surface area contributed by atoms with Crippen molar-refractivity contribution in [1.29, 1.82) is 0 Å². The highest BCUT2D eigenvalue weighted by molar-refractivity contribution is 6.31. The number of methoxy groups -OCH3 is 1. The Morgan fingerprint density at radius 2 is 1.97 bits per heavy atom. The summed E-state index contributed by atoms with van der Waals surface area (Å²) < 4.78 is 47.3. The number of carbonyl (C=O) groups is 1. The van der Waals surface area contributed by atoms with Gasteiger partial charge in [0, 0.05) is 17.5 Å². The first-order chi connectivity index (χ1) is 15.2. The highest BCUT2D eigenvalue weighted by Crippen LogP contribution is 2.44. The fourth-order valence-corrected chi connectivity index (χ4v) is 3.71. The molecule has 168 valence electrons. The third kappa shape index (κ3) is 4.31. The van der Waals surface area contributed by atoms with Crippen LogP contribution in [0.3, 0.4) is 0 Å². The number of phenolic OH excluding ortho intramolecular Hbond substituents is 1. The number of hydrogen-bond donors (Lipinski definition) is 3. The molecule has 32 heavy (non-hydrogen) atoms. The summed E-state index contributed by atoms with van der Waals surface area (Å²) in [6.45, 7) is 0. The first-order valence-electron chi connectivity index (χ1n) is 9.52. The topological polar surface area (TPSA) is 88.4 Å². The van der Waals surface area contributed by atoms with E-state index in [2.05, 4.69) is 15.7 Å². The van der Waals surface area contributed by atoms with Crippen LogP contribution in [0.2, 0.25) is 5.02 Å². The largest absolute Gasteiger partial charge is 0.506 e. The molecular weight excluding hydrogens is 449 g/mol. The Balaban J connectivity index is 1.64. The van der Waals surface area contributed by atoms with Crippen molar-refractivity contribution in [3.63, 3.8) is 0 Å². The van der Waals surface area contributed by atoms with Crippen molar-refractivity contribution in [2.75, 3.05) is 17.7 Å². The average Bonchev–Trinajstić information content (AvgIpc) is 3.19. The van der Waals surface area contributed by atoms with Gasteiger partial charge in [0.05, 0.1) is 18.8 Å². The summed E-state index contributed by atoms with van der Waals surface area (Å²) in [7, 11) is 1.50. The van der Waals surface area contributed by atoms with Crippen molar-refractivity contribution in [3.8, 4) is 11.5 Å². The van der Waals surface area contributed by atoms with E-state index >= 15 is 0 Å². The van der Waals surface area contributed by atoms with E-state index in [1.54, 1.807) is 24.3 Å². The number of halogens is 4. The van der Waals surface area contributed by atoms with Crippen molar-refractivity contribution < 1.29 is 27.8 Å². The Hall–Kier alpha value is -3.40. The van der Waals surface area contributed by atoms with Gasteiger partial charge in [0.1, 0.15) is 17.3 Å². The maximum absolute atomic E-state index is 13.8. The zero-order chi connectivity index (χ0) is 23.0. The highest BCUT2D eigenvalue weighted by atomic mass is 35.5. The van der Waals surface area contributed by atoms with Crippen LogP contribution in [0.15, 0.2) is 48.5 Å². The lowest BCUT2D eigenvalue weighted by molar-refractivity contribution is -0.173. The molecule has 11 heteroatoms. The van der Waals surface area contributed by atoms with Gasteiger partial charge in [-0.2, -0.15) is 18.3 Å². The van der Waals surface area contributed by atoms with Crippen LogP contribution in [0.4, 0.5) is 24.7 Å². The quantitative estimate of drug-likeness (QED) is 0.462. The number of phenols is 1. The fraction of sp³-hybridized carbons (Fsp3) is 0.238. The van der Waals surface area contributed by atoms with Gasteiger partial charge in [-0.1, -0.05) is 23.7 Å². The number of benzene rings is 2. The molecule has 2 atom stereocenters. The van der Waals surface area contributed by atoms with E-state index in [1.165, 1.54) is 31.4 Å². The second kappa shape index (κ2) is 8.27. The minimum absolute atomic E-state index is 0.0184. The molecule has 0 saturated heterocycles. The third-order valence-electron chi connectivity index (χ3n) is 5.15. The molecule has 4 rings (SSSR count). The second-order valence-corrected chi connectivity index (χ2v) is 7.67. The molecule has 3 aromatic rings. The molecule has 2 heterocycles. The van der Waals surface area contributed by atoms with E-state index in [1.807, 2.05) is 0 Å². The van der Waals surface area contributed by atoms with Crippen molar-refractivity contribution in [2.45, 2.75) is 24.7 Å². The van der Waals surface area contributed by atoms with Crippen molar-refractivity contribution in [2.24, 2.45) is 0 Å². The summed E-state index contributed by atoms with van der Waals surface area (Å²) in [6, 6.07) is 9.42. The van der Waals surface area contributed by atoms with E-state index in [4.69, 9.17) is 16.3 Å². The van der Waals surface area contributed by atoms with Gasteiger partial charge in [0.15, 0.2) is 11.7 Å². The van der Waals surface area contributed by atoms with E-state index < -0.39 is 24.2 Å². The van der Waals surface area contributed by atoms with E-state index in [0.717, 1.165) is 4.68 Å². The van der Waals surface area contributed by atoms with Gasteiger partial charge < -0.3 is 20.5 Å². The van der Waals surface area contributed by atoms with Gasteiger partial charge in [0.25, 0.3) is 5.91 Å². The molecule has 2 unspecified atom stereocenters. The number of alkyl halides is 3. The van der Waals surface area contributed by atoms with E-state index in [0.29, 0.717) is 11.3 Å². The lowest BCUT2D eigenvalue weighted by atomic mass is 9.97. The standard InChI is InChI=1S/C21H18ClF3N4O3/c1-32-13-5-2-11(3-6-13)14-9-18(21(23,24)25)29-19(26-14)10-16(28-29)20(31)27-15-8-12(22)4-7-17(15)30/h2-8,10,14,18,26,30H,9H2,1H3,(H,27,31). The van der Waals surface area contributed by atoms with Crippen LogP contribution >= 0.6 is 11.6 Å². The fourth-order valence-electron chi connectivity index (χ4n) is 3.53. The number of amides is 1. The molecule has 0 saturated carbocycles. The summed E-state index contributed by atoms with van der Waals surface area (Å²) in [5, 5.41) is 19.5. The number of ether oxygens (including phenoxy) is 1.